The second-order valence-corrected chi connectivity index (χ2v) is 7.42. The molecule has 6 heteroatoms. The van der Waals surface area contributed by atoms with Crippen LogP contribution in [-0.2, 0) is 13.1 Å². The molecular formula is C20H23N3O2S. The van der Waals surface area contributed by atoms with Gasteiger partial charge in [0.2, 0.25) is 0 Å². The minimum absolute atomic E-state index is 0.00315. The van der Waals surface area contributed by atoms with E-state index in [1.54, 1.807) is 29.4 Å². The molecule has 5 nitrogen and oxygen atoms in total. The molecule has 0 saturated carbocycles. The van der Waals surface area contributed by atoms with Crippen molar-refractivity contribution in [3.63, 3.8) is 0 Å². The minimum Gasteiger partial charge on any atom is -0.359 e. The van der Waals surface area contributed by atoms with Crippen molar-refractivity contribution in [2.75, 3.05) is 14.1 Å². The first kappa shape index (κ1) is 18.4. The number of thiophene rings is 1. The lowest BCUT2D eigenvalue weighted by Crippen LogP contribution is -2.29. The Morgan fingerprint density at radius 3 is 2.62 bits per heavy atom. The quantitative estimate of drug-likeness (QED) is 0.626. The van der Waals surface area contributed by atoms with E-state index in [1.165, 1.54) is 5.56 Å². The van der Waals surface area contributed by atoms with Gasteiger partial charge in [-0.15, -0.1) is 11.3 Å². The van der Waals surface area contributed by atoms with Crippen molar-refractivity contribution in [3.05, 3.63) is 75.8 Å². The SMILES string of the molecule is C[C@@H](c1cccs1)N(C)C(=O)c1cc(CN(C)Cc2ccccc2)on1. The van der Waals surface area contributed by atoms with E-state index in [0.29, 0.717) is 18.0 Å². The summed E-state index contributed by atoms with van der Waals surface area (Å²) >= 11 is 1.64. The second kappa shape index (κ2) is 8.29. The molecule has 1 atom stereocenters. The predicted octanol–water partition coefficient (Wildman–Crippen LogP) is 4.20. The van der Waals surface area contributed by atoms with Crippen molar-refractivity contribution in [1.82, 2.24) is 15.0 Å². The monoisotopic (exact) mass is 369 g/mol. The molecule has 0 fully saturated rings. The van der Waals surface area contributed by atoms with E-state index in [-0.39, 0.29) is 11.9 Å². The van der Waals surface area contributed by atoms with Gasteiger partial charge in [0.15, 0.2) is 11.5 Å². The molecule has 1 amide bonds. The van der Waals surface area contributed by atoms with Crippen LogP contribution in [0.15, 0.2) is 58.4 Å². The molecule has 0 aliphatic rings. The zero-order valence-corrected chi connectivity index (χ0v) is 16.1. The number of benzene rings is 1. The molecule has 0 radical (unpaired) electrons. The molecule has 0 saturated heterocycles. The van der Waals surface area contributed by atoms with Crippen molar-refractivity contribution in [2.24, 2.45) is 0 Å². The smallest absolute Gasteiger partial charge is 0.276 e. The topological polar surface area (TPSA) is 49.6 Å². The van der Waals surface area contributed by atoms with Gasteiger partial charge in [-0.05, 0) is 31.0 Å². The summed E-state index contributed by atoms with van der Waals surface area (Å²) in [6.45, 7) is 3.41. The van der Waals surface area contributed by atoms with Crippen LogP contribution >= 0.6 is 11.3 Å². The number of hydrogen-bond donors (Lipinski definition) is 0. The summed E-state index contributed by atoms with van der Waals surface area (Å²) in [5, 5.41) is 5.99. The van der Waals surface area contributed by atoms with E-state index in [4.69, 9.17) is 4.52 Å². The number of amides is 1. The van der Waals surface area contributed by atoms with Gasteiger partial charge in [-0.3, -0.25) is 9.69 Å². The molecule has 3 aromatic rings. The third kappa shape index (κ3) is 4.39. The Bertz CT molecular complexity index is 830. The van der Waals surface area contributed by atoms with E-state index in [2.05, 4.69) is 22.2 Å². The highest BCUT2D eigenvalue weighted by atomic mass is 32.1. The van der Waals surface area contributed by atoms with Crippen molar-refractivity contribution >= 4 is 17.2 Å². The van der Waals surface area contributed by atoms with Crippen LogP contribution in [0, 0.1) is 0 Å². The Kier molecular flexibility index (Phi) is 5.85. The maximum atomic E-state index is 12.7. The summed E-state index contributed by atoms with van der Waals surface area (Å²) in [4.78, 5) is 17.6. The molecule has 2 heterocycles. The Morgan fingerprint density at radius 1 is 1.15 bits per heavy atom. The predicted molar refractivity (Wildman–Crippen MR) is 103 cm³/mol. The van der Waals surface area contributed by atoms with Crippen LogP contribution in [-0.4, -0.2) is 35.0 Å². The highest BCUT2D eigenvalue weighted by molar-refractivity contribution is 7.10. The number of carbonyl (C=O) groups is 1. The van der Waals surface area contributed by atoms with Crippen LogP contribution in [0.5, 0.6) is 0 Å². The van der Waals surface area contributed by atoms with Gasteiger partial charge < -0.3 is 9.42 Å². The van der Waals surface area contributed by atoms with Crippen LogP contribution in [0.3, 0.4) is 0 Å². The van der Waals surface area contributed by atoms with Crippen LogP contribution in [0.2, 0.25) is 0 Å². The number of rotatable bonds is 7. The molecule has 0 aliphatic carbocycles. The normalized spacial score (nSPS) is 12.3. The number of carbonyl (C=O) groups excluding carboxylic acids is 1. The maximum Gasteiger partial charge on any atom is 0.276 e. The van der Waals surface area contributed by atoms with Gasteiger partial charge in [0.1, 0.15) is 0 Å². The number of aromatic nitrogens is 1. The molecule has 0 spiro atoms. The summed E-state index contributed by atoms with van der Waals surface area (Å²) in [7, 11) is 3.81. The molecule has 0 unspecified atom stereocenters. The van der Waals surface area contributed by atoms with E-state index in [1.807, 2.05) is 49.7 Å². The minimum atomic E-state index is -0.133. The number of hydrogen-bond acceptors (Lipinski definition) is 5. The summed E-state index contributed by atoms with van der Waals surface area (Å²) in [6.07, 6.45) is 0. The van der Waals surface area contributed by atoms with E-state index >= 15 is 0 Å². The molecule has 3 rings (SSSR count). The van der Waals surface area contributed by atoms with Gasteiger partial charge in [0, 0.05) is 24.5 Å². The molecule has 0 aliphatic heterocycles. The highest BCUT2D eigenvalue weighted by Crippen LogP contribution is 2.24. The second-order valence-electron chi connectivity index (χ2n) is 6.44. The lowest BCUT2D eigenvalue weighted by atomic mass is 10.2. The lowest BCUT2D eigenvalue weighted by Gasteiger charge is -2.22. The third-order valence-corrected chi connectivity index (χ3v) is 5.40. The molecule has 26 heavy (non-hydrogen) atoms. The Hall–Kier alpha value is -2.44. The molecule has 0 bridgehead atoms. The summed E-state index contributed by atoms with van der Waals surface area (Å²) < 4.78 is 5.38. The first-order valence-electron chi connectivity index (χ1n) is 8.53. The van der Waals surface area contributed by atoms with Gasteiger partial charge in [-0.25, -0.2) is 0 Å². The van der Waals surface area contributed by atoms with E-state index < -0.39 is 0 Å². The zero-order chi connectivity index (χ0) is 18.5. The fourth-order valence-corrected chi connectivity index (χ4v) is 3.61. The molecule has 136 valence electrons. The number of nitrogens with zero attached hydrogens (tertiary/aromatic N) is 3. The largest absolute Gasteiger partial charge is 0.359 e. The van der Waals surface area contributed by atoms with Crippen LogP contribution in [0.25, 0.3) is 0 Å². The molecule has 2 aromatic heterocycles. The van der Waals surface area contributed by atoms with Gasteiger partial charge in [-0.2, -0.15) is 0 Å². The van der Waals surface area contributed by atoms with Crippen molar-refractivity contribution < 1.29 is 9.32 Å². The zero-order valence-electron chi connectivity index (χ0n) is 15.3. The van der Waals surface area contributed by atoms with E-state index in [9.17, 15) is 4.79 Å². The van der Waals surface area contributed by atoms with Gasteiger partial charge in [0.25, 0.3) is 5.91 Å². The first-order valence-corrected chi connectivity index (χ1v) is 9.41. The average molecular weight is 369 g/mol. The van der Waals surface area contributed by atoms with Gasteiger partial charge in [-0.1, -0.05) is 41.6 Å². The Morgan fingerprint density at radius 2 is 1.92 bits per heavy atom. The van der Waals surface area contributed by atoms with Crippen molar-refractivity contribution in [3.8, 4) is 0 Å². The summed E-state index contributed by atoms with van der Waals surface area (Å²) in [6, 6.07) is 16.0. The van der Waals surface area contributed by atoms with Crippen molar-refractivity contribution in [2.45, 2.75) is 26.1 Å². The van der Waals surface area contributed by atoms with Crippen molar-refractivity contribution in [1.29, 1.82) is 0 Å². The maximum absolute atomic E-state index is 12.7. The van der Waals surface area contributed by atoms with Crippen LogP contribution < -0.4 is 0 Å². The Balaban J connectivity index is 1.61. The molecular weight excluding hydrogens is 346 g/mol. The van der Waals surface area contributed by atoms with Crippen LogP contribution in [0.4, 0.5) is 0 Å². The summed E-state index contributed by atoms with van der Waals surface area (Å²) in [5.41, 5.74) is 1.58. The van der Waals surface area contributed by atoms with Crippen LogP contribution in [0.1, 0.15) is 39.7 Å². The lowest BCUT2D eigenvalue weighted by molar-refractivity contribution is 0.0734. The fourth-order valence-electron chi connectivity index (χ4n) is 2.78. The third-order valence-electron chi connectivity index (χ3n) is 4.36. The highest BCUT2D eigenvalue weighted by Gasteiger charge is 2.23. The average Bonchev–Trinajstić information content (AvgIpc) is 3.32. The molecule has 0 N–H and O–H groups in total. The first-order chi connectivity index (χ1) is 12.5. The van der Waals surface area contributed by atoms with Gasteiger partial charge in [0.05, 0.1) is 12.6 Å². The standard InChI is InChI=1S/C20H23N3O2S/c1-15(19-10-7-11-26-19)23(3)20(24)18-12-17(25-21-18)14-22(2)13-16-8-5-4-6-9-16/h4-12,15H,13-14H2,1-3H3/t15-/m0/s1. The fraction of sp³-hybridized carbons (Fsp3) is 0.300. The van der Waals surface area contributed by atoms with E-state index in [0.717, 1.165) is 11.4 Å². The summed E-state index contributed by atoms with van der Waals surface area (Å²) in [5.74, 6) is 0.551. The molecule has 1 aromatic carbocycles. The Labute approximate surface area is 157 Å². The van der Waals surface area contributed by atoms with Gasteiger partial charge >= 0.3 is 0 Å².